The Balaban J connectivity index is 2.38. The van der Waals surface area contributed by atoms with Crippen molar-refractivity contribution in [2.75, 3.05) is 14.2 Å². The van der Waals surface area contributed by atoms with Crippen molar-refractivity contribution in [3.05, 3.63) is 45.1 Å². The lowest BCUT2D eigenvalue weighted by atomic mass is 9.56. The average molecular weight is 439 g/mol. The molecule has 2 N–H and O–H groups in total. The summed E-state index contributed by atoms with van der Waals surface area (Å²) in [5.74, 6) is 0.349. The van der Waals surface area contributed by atoms with Crippen LogP contribution in [0.25, 0.3) is 0 Å². The maximum absolute atomic E-state index is 10.1. The number of nitrogens with two attached hydrogens (primary N) is 1. The number of rotatable bonds is 3. The fourth-order valence-electron chi connectivity index (χ4n) is 4.34. The molecule has 3 rings (SSSR count). The molecule has 0 fully saturated rings. The summed E-state index contributed by atoms with van der Waals surface area (Å²) in [6.07, 6.45) is 4.52. The molecule has 7 heteroatoms. The molecule has 2 aliphatic rings. The van der Waals surface area contributed by atoms with Gasteiger partial charge in [0.2, 0.25) is 0 Å². The second kappa shape index (κ2) is 7.58. The number of ether oxygens (including phenoxy) is 2. The number of nitrogens with zero attached hydrogens (tertiary/aromatic N) is 3. The van der Waals surface area contributed by atoms with Crippen LogP contribution in [0, 0.1) is 45.3 Å². The predicted octanol–water partition coefficient (Wildman–Crippen LogP) is 4.06. The van der Waals surface area contributed by atoms with Gasteiger partial charge in [0.15, 0.2) is 5.41 Å². The van der Waals surface area contributed by atoms with Crippen LogP contribution in [-0.2, 0) is 0 Å². The summed E-state index contributed by atoms with van der Waals surface area (Å²) >= 11 is 3.49. The number of benzene rings is 1. The van der Waals surface area contributed by atoms with Gasteiger partial charge in [-0.3, -0.25) is 0 Å². The molecule has 0 radical (unpaired) electrons. The van der Waals surface area contributed by atoms with Crippen LogP contribution in [0.4, 0.5) is 0 Å². The van der Waals surface area contributed by atoms with E-state index < -0.39 is 11.3 Å². The van der Waals surface area contributed by atoms with E-state index in [1.54, 1.807) is 13.2 Å². The molecule has 1 aromatic carbocycles. The van der Waals surface area contributed by atoms with Crippen LogP contribution >= 0.6 is 15.9 Å². The van der Waals surface area contributed by atoms with Crippen molar-refractivity contribution in [1.29, 1.82) is 15.8 Å². The van der Waals surface area contributed by atoms with Crippen LogP contribution in [0.15, 0.2) is 39.5 Å². The predicted molar refractivity (Wildman–Crippen MR) is 106 cm³/mol. The van der Waals surface area contributed by atoms with Gasteiger partial charge in [0.25, 0.3) is 0 Å². The van der Waals surface area contributed by atoms with E-state index >= 15 is 0 Å². The molecule has 0 heterocycles. The van der Waals surface area contributed by atoms with E-state index in [1.807, 2.05) is 12.1 Å². The zero-order valence-electron chi connectivity index (χ0n) is 15.6. The first kappa shape index (κ1) is 19.8. The smallest absolute Gasteiger partial charge is 0.191 e. The molecule has 0 unspecified atom stereocenters. The van der Waals surface area contributed by atoms with E-state index in [9.17, 15) is 15.8 Å². The Labute approximate surface area is 172 Å². The van der Waals surface area contributed by atoms with Gasteiger partial charge in [-0.15, -0.1) is 0 Å². The molecule has 0 saturated carbocycles. The number of hydrogen-bond acceptors (Lipinski definition) is 6. The van der Waals surface area contributed by atoms with Crippen LogP contribution in [0.2, 0.25) is 0 Å². The minimum atomic E-state index is -1.66. The summed E-state index contributed by atoms with van der Waals surface area (Å²) in [6, 6.07) is 9.95. The third-order valence-electron chi connectivity index (χ3n) is 5.64. The molecule has 0 bridgehead atoms. The first-order valence-electron chi connectivity index (χ1n) is 8.83. The van der Waals surface area contributed by atoms with Crippen molar-refractivity contribution in [3.63, 3.8) is 0 Å². The molecular formula is C21H19BrN4O2. The number of fused-ring (bicyclic) bond motifs is 1. The molecule has 2 atom stereocenters. The molecule has 28 heavy (non-hydrogen) atoms. The van der Waals surface area contributed by atoms with Gasteiger partial charge in [0, 0.05) is 17.5 Å². The molecule has 0 saturated heterocycles. The fraction of sp³-hybridized carbons (Fsp3) is 0.381. The van der Waals surface area contributed by atoms with Crippen LogP contribution in [-0.4, -0.2) is 14.2 Å². The highest BCUT2D eigenvalue weighted by molar-refractivity contribution is 9.10. The van der Waals surface area contributed by atoms with Crippen LogP contribution in [0.1, 0.15) is 30.7 Å². The van der Waals surface area contributed by atoms with Gasteiger partial charge >= 0.3 is 0 Å². The molecule has 0 amide bonds. The van der Waals surface area contributed by atoms with E-state index in [-0.39, 0.29) is 17.2 Å². The SMILES string of the molecule is COc1cc(OC)c([C@H]2[C@H]3CCCC=C3C(C#N)=C(N)C2(C#N)C#N)cc1Br. The van der Waals surface area contributed by atoms with Gasteiger partial charge in [-0.1, -0.05) is 6.08 Å². The largest absolute Gasteiger partial charge is 0.496 e. The number of methoxy groups -OCH3 is 2. The highest BCUT2D eigenvalue weighted by atomic mass is 79.9. The number of hydrogen-bond donors (Lipinski definition) is 1. The molecule has 1 aromatic rings. The first-order chi connectivity index (χ1) is 13.5. The van der Waals surface area contributed by atoms with E-state index in [0.717, 1.165) is 24.8 Å². The van der Waals surface area contributed by atoms with Crippen molar-refractivity contribution in [2.45, 2.75) is 25.2 Å². The Morgan fingerprint density at radius 3 is 2.39 bits per heavy atom. The molecule has 2 aliphatic carbocycles. The lowest BCUT2D eigenvalue weighted by Crippen LogP contribution is -2.42. The Morgan fingerprint density at radius 2 is 1.82 bits per heavy atom. The molecule has 0 spiro atoms. The Hall–Kier alpha value is -2.95. The maximum Gasteiger partial charge on any atom is 0.191 e. The molecular weight excluding hydrogens is 420 g/mol. The Morgan fingerprint density at radius 1 is 1.14 bits per heavy atom. The quantitative estimate of drug-likeness (QED) is 0.759. The van der Waals surface area contributed by atoms with Gasteiger partial charge in [-0.25, -0.2) is 0 Å². The maximum atomic E-state index is 10.1. The van der Waals surface area contributed by atoms with Gasteiger partial charge in [-0.2, -0.15) is 15.8 Å². The number of halogens is 1. The summed E-state index contributed by atoms with van der Waals surface area (Å²) < 4.78 is 11.6. The van der Waals surface area contributed by atoms with Gasteiger partial charge < -0.3 is 15.2 Å². The normalized spacial score (nSPS) is 22.8. The monoisotopic (exact) mass is 438 g/mol. The Kier molecular flexibility index (Phi) is 5.36. The topological polar surface area (TPSA) is 116 Å². The number of allylic oxidation sites excluding steroid dienone is 4. The van der Waals surface area contributed by atoms with Crippen molar-refractivity contribution < 1.29 is 9.47 Å². The lowest BCUT2D eigenvalue weighted by Gasteiger charge is -2.43. The third-order valence-corrected chi connectivity index (χ3v) is 6.26. The first-order valence-corrected chi connectivity index (χ1v) is 9.63. The van der Waals surface area contributed by atoms with Crippen molar-refractivity contribution in [1.82, 2.24) is 0 Å². The molecule has 0 aromatic heterocycles. The molecule has 0 aliphatic heterocycles. The van der Waals surface area contributed by atoms with E-state index in [4.69, 9.17) is 15.2 Å². The second-order valence-corrected chi connectivity index (χ2v) is 7.69. The summed E-state index contributed by atoms with van der Waals surface area (Å²) in [6.45, 7) is 0. The summed E-state index contributed by atoms with van der Waals surface area (Å²) in [5, 5.41) is 29.9. The van der Waals surface area contributed by atoms with Crippen molar-refractivity contribution in [2.24, 2.45) is 17.1 Å². The van der Waals surface area contributed by atoms with Crippen LogP contribution in [0.5, 0.6) is 11.5 Å². The summed E-state index contributed by atoms with van der Waals surface area (Å²) in [7, 11) is 3.09. The minimum Gasteiger partial charge on any atom is -0.496 e. The second-order valence-electron chi connectivity index (χ2n) is 6.84. The minimum absolute atomic E-state index is 0.0170. The highest BCUT2D eigenvalue weighted by Gasteiger charge is 2.54. The molecule has 142 valence electrons. The zero-order chi connectivity index (χ0) is 20.5. The summed E-state index contributed by atoms with van der Waals surface area (Å²) in [5.41, 5.74) is 6.44. The fourth-order valence-corrected chi connectivity index (χ4v) is 4.87. The summed E-state index contributed by atoms with van der Waals surface area (Å²) in [4.78, 5) is 0. The van der Waals surface area contributed by atoms with Crippen LogP contribution in [0.3, 0.4) is 0 Å². The van der Waals surface area contributed by atoms with Crippen molar-refractivity contribution >= 4 is 15.9 Å². The Bertz CT molecular complexity index is 993. The average Bonchev–Trinajstić information content (AvgIpc) is 2.73. The van der Waals surface area contributed by atoms with E-state index in [2.05, 4.69) is 34.1 Å². The van der Waals surface area contributed by atoms with Gasteiger partial charge in [-0.05, 0) is 52.7 Å². The highest BCUT2D eigenvalue weighted by Crippen LogP contribution is 2.57. The number of nitriles is 3. The molecule has 6 nitrogen and oxygen atoms in total. The lowest BCUT2D eigenvalue weighted by molar-refractivity contribution is 0.304. The van der Waals surface area contributed by atoms with Crippen LogP contribution < -0.4 is 15.2 Å². The third kappa shape index (κ3) is 2.73. The standard InChI is InChI=1S/C21H19BrN4O2/c1-27-17-8-18(28-2)16(22)7-14(17)19-13-6-4-3-5-12(13)15(9-23)20(26)21(19,10-24)11-25/h5,7-8,13,19H,3-4,6,26H2,1-2H3/t13-,19+/m0/s1. The van der Waals surface area contributed by atoms with E-state index in [0.29, 0.717) is 21.5 Å². The van der Waals surface area contributed by atoms with Crippen molar-refractivity contribution in [3.8, 4) is 29.7 Å². The zero-order valence-corrected chi connectivity index (χ0v) is 17.2. The van der Waals surface area contributed by atoms with Gasteiger partial charge in [0.05, 0.1) is 42.1 Å². The van der Waals surface area contributed by atoms with Gasteiger partial charge in [0.1, 0.15) is 17.6 Å². The van der Waals surface area contributed by atoms with E-state index in [1.165, 1.54) is 7.11 Å².